The highest BCUT2D eigenvalue weighted by atomic mass is 16.5. The molecule has 8 heteroatoms. The molecular weight excluding hydrogens is 394 g/mol. The minimum Gasteiger partial charge on any atom is -0.466 e. The van der Waals surface area contributed by atoms with Crippen LogP contribution in [0.15, 0.2) is 47.5 Å². The van der Waals surface area contributed by atoms with Crippen LogP contribution in [-0.2, 0) is 22.6 Å². The number of carbonyl (C=O) groups excluding carboxylic acids is 1. The molecule has 4 aromatic rings. The Kier molecular flexibility index (Phi) is 5.05. The second-order valence-corrected chi connectivity index (χ2v) is 7.91. The van der Waals surface area contributed by atoms with E-state index < -0.39 is 0 Å². The van der Waals surface area contributed by atoms with Crippen molar-refractivity contribution in [2.75, 3.05) is 6.61 Å². The zero-order chi connectivity index (χ0) is 21.4. The van der Waals surface area contributed by atoms with Gasteiger partial charge in [0.15, 0.2) is 0 Å². The molecule has 0 N–H and O–H groups in total. The van der Waals surface area contributed by atoms with Gasteiger partial charge in [-0.05, 0) is 44.4 Å². The fourth-order valence-electron chi connectivity index (χ4n) is 4.22. The Balaban J connectivity index is 1.52. The molecular formula is C23H25N5O3. The highest BCUT2D eigenvalue weighted by molar-refractivity contribution is 5.77. The molecule has 0 atom stereocenters. The Morgan fingerprint density at radius 2 is 1.97 bits per heavy atom. The molecule has 0 amide bonds. The van der Waals surface area contributed by atoms with E-state index >= 15 is 0 Å². The van der Waals surface area contributed by atoms with E-state index in [2.05, 4.69) is 9.55 Å². The largest absolute Gasteiger partial charge is 0.466 e. The zero-order valence-electron chi connectivity index (χ0n) is 17.5. The fraction of sp³-hybridized carbons (Fsp3) is 0.391. The number of ether oxygens (including phenoxy) is 1. The van der Waals surface area contributed by atoms with Gasteiger partial charge in [0.2, 0.25) is 0 Å². The molecule has 0 saturated heterocycles. The van der Waals surface area contributed by atoms with E-state index in [9.17, 15) is 9.59 Å². The number of carbonyl (C=O) groups is 1. The number of hydrogen-bond donors (Lipinski definition) is 0. The molecule has 0 bridgehead atoms. The van der Waals surface area contributed by atoms with Crippen LogP contribution < -0.4 is 5.69 Å². The third kappa shape index (κ3) is 3.62. The number of aryl methyl sites for hydroxylation is 1. The minimum absolute atomic E-state index is 0.0179. The second-order valence-electron chi connectivity index (χ2n) is 7.91. The van der Waals surface area contributed by atoms with Crippen LogP contribution in [-0.4, -0.2) is 36.2 Å². The predicted molar refractivity (Wildman–Crippen MR) is 117 cm³/mol. The van der Waals surface area contributed by atoms with Crippen LogP contribution in [0.3, 0.4) is 0 Å². The first-order valence-electron chi connectivity index (χ1n) is 10.8. The molecule has 0 unspecified atom stereocenters. The second kappa shape index (κ2) is 8.02. The number of benzene rings is 1. The molecule has 1 aromatic carbocycles. The Bertz CT molecular complexity index is 1310. The van der Waals surface area contributed by atoms with Crippen molar-refractivity contribution in [2.24, 2.45) is 0 Å². The lowest BCUT2D eigenvalue weighted by atomic mass is 10.3. The van der Waals surface area contributed by atoms with Crippen LogP contribution in [0.25, 0.3) is 22.1 Å². The first-order chi connectivity index (χ1) is 15.2. The topological polar surface area (TPSA) is 83.9 Å². The van der Waals surface area contributed by atoms with Crippen molar-refractivity contribution in [3.05, 3.63) is 59.0 Å². The first-order valence-corrected chi connectivity index (χ1v) is 10.8. The van der Waals surface area contributed by atoms with Crippen LogP contribution in [0.1, 0.15) is 44.5 Å². The number of pyridine rings is 1. The average Bonchev–Trinajstić information content (AvgIpc) is 3.49. The number of aromatic nitrogens is 5. The molecule has 8 nitrogen and oxygen atoms in total. The van der Waals surface area contributed by atoms with Gasteiger partial charge in [-0.1, -0.05) is 12.1 Å². The van der Waals surface area contributed by atoms with E-state index in [1.165, 1.54) is 0 Å². The van der Waals surface area contributed by atoms with E-state index in [0.717, 1.165) is 40.7 Å². The monoisotopic (exact) mass is 419 g/mol. The summed E-state index contributed by atoms with van der Waals surface area (Å²) < 4.78 is 10.8. The molecule has 31 heavy (non-hydrogen) atoms. The number of imidazole rings is 2. The van der Waals surface area contributed by atoms with Crippen LogP contribution in [0.5, 0.6) is 0 Å². The number of hydrogen-bond acceptors (Lipinski definition) is 5. The van der Waals surface area contributed by atoms with Crippen molar-refractivity contribution in [3.8, 4) is 0 Å². The molecule has 3 aromatic heterocycles. The molecule has 0 aliphatic heterocycles. The Labute approximate surface area is 179 Å². The number of rotatable bonds is 8. The lowest BCUT2D eigenvalue weighted by molar-refractivity contribution is -0.143. The third-order valence-corrected chi connectivity index (χ3v) is 5.78. The maximum atomic E-state index is 13.3. The van der Waals surface area contributed by atoms with Gasteiger partial charge in [-0.15, -0.1) is 0 Å². The molecule has 1 aliphatic carbocycles. The van der Waals surface area contributed by atoms with Gasteiger partial charge in [0, 0.05) is 25.2 Å². The highest BCUT2D eigenvalue weighted by Crippen LogP contribution is 2.36. The number of fused-ring (bicyclic) bond motifs is 2. The fourth-order valence-corrected chi connectivity index (χ4v) is 4.22. The van der Waals surface area contributed by atoms with Gasteiger partial charge < -0.3 is 9.30 Å². The van der Waals surface area contributed by atoms with Crippen LogP contribution >= 0.6 is 0 Å². The third-order valence-electron chi connectivity index (χ3n) is 5.78. The molecule has 5 rings (SSSR count). The first kappa shape index (κ1) is 19.5. The average molecular weight is 419 g/mol. The quantitative estimate of drug-likeness (QED) is 0.409. The van der Waals surface area contributed by atoms with Gasteiger partial charge in [-0.25, -0.2) is 9.78 Å². The SMILES string of the molecule is CCOC(=O)CCCn1c(Cn2c(=O)n(C3CC3)c3ccncc32)nc2ccccc21. The smallest absolute Gasteiger partial charge is 0.329 e. The summed E-state index contributed by atoms with van der Waals surface area (Å²) in [7, 11) is 0. The van der Waals surface area contributed by atoms with E-state index in [4.69, 9.17) is 9.72 Å². The van der Waals surface area contributed by atoms with Crippen molar-refractivity contribution in [1.82, 2.24) is 23.7 Å². The van der Waals surface area contributed by atoms with E-state index in [-0.39, 0.29) is 17.7 Å². The van der Waals surface area contributed by atoms with Gasteiger partial charge in [0.05, 0.1) is 41.4 Å². The predicted octanol–water partition coefficient (Wildman–Crippen LogP) is 3.27. The standard InChI is InChI=1S/C23H25N5O3/c1-2-31-22(29)8-5-13-26-18-7-4-3-6-17(18)25-21(26)15-27-20-14-24-12-11-19(20)28(23(27)30)16-9-10-16/h3-4,6-7,11-12,14,16H,2,5,8-10,13,15H2,1H3. The summed E-state index contributed by atoms with van der Waals surface area (Å²) in [6.07, 6.45) is 6.55. The van der Waals surface area contributed by atoms with Crippen LogP contribution in [0, 0.1) is 0 Å². The summed E-state index contributed by atoms with van der Waals surface area (Å²) in [6, 6.07) is 10.1. The lowest BCUT2D eigenvalue weighted by Gasteiger charge is -2.10. The van der Waals surface area contributed by atoms with Gasteiger partial charge in [0.25, 0.3) is 0 Å². The van der Waals surface area contributed by atoms with Crippen molar-refractivity contribution >= 4 is 28.0 Å². The zero-order valence-corrected chi connectivity index (χ0v) is 17.5. The van der Waals surface area contributed by atoms with E-state index in [1.807, 2.05) is 41.8 Å². The summed E-state index contributed by atoms with van der Waals surface area (Å²) >= 11 is 0. The van der Waals surface area contributed by atoms with Gasteiger partial charge in [-0.2, -0.15) is 0 Å². The van der Waals surface area contributed by atoms with E-state index in [0.29, 0.717) is 32.5 Å². The molecule has 0 radical (unpaired) electrons. The maximum Gasteiger partial charge on any atom is 0.329 e. The summed E-state index contributed by atoms with van der Waals surface area (Å²) in [5.41, 5.74) is 3.61. The Morgan fingerprint density at radius 3 is 2.77 bits per heavy atom. The summed E-state index contributed by atoms with van der Waals surface area (Å²) in [6.45, 7) is 3.18. The van der Waals surface area contributed by atoms with Gasteiger partial charge in [0.1, 0.15) is 5.82 Å². The number of esters is 1. The molecule has 0 spiro atoms. The lowest BCUT2D eigenvalue weighted by Crippen LogP contribution is -2.25. The number of nitrogens with zero attached hydrogens (tertiary/aromatic N) is 5. The van der Waals surface area contributed by atoms with Crippen molar-refractivity contribution < 1.29 is 9.53 Å². The van der Waals surface area contributed by atoms with Crippen molar-refractivity contribution in [3.63, 3.8) is 0 Å². The summed E-state index contributed by atoms with van der Waals surface area (Å²) in [5.74, 6) is 0.606. The van der Waals surface area contributed by atoms with Crippen LogP contribution in [0.2, 0.25) is 0 Å². The maximum absolute atomic E-state index is 13.3. The molecule has 160 valence electrons. The molecule has 1 fully saturated rings. The Morgan fingerprint density at radius 1 is 1.13 bits per heavy atom. The summed E-state index contributed by atoms with van der Waals surface area (Å²) in [5, 5.41) is 0. The van der Waals surface area contributed by atoms with E-state index in [1.54, 1.807) is 17.0 Å². The summed E-state index contributed by atoms with van der Waals surface area (Å²) in [4.78, 5) is 34.1. The van der Waals surface area contributed by atoms with Crippen LogP contribution in [0.4, 0.5) is 0 Å². The Hall–Kier alpha value is -3.42. The van der Waals surface area contributed by atoms with Gasteiger partial charge in [-0.3, -0.25) is 18.9 Å². The highest BCUT2D eigenvalue weighted by Gasteiger charge is 2.29. The molecule has 1 saturated carbocycles. The number of para-hydroxylation sites is 2. The molecule has 3 heterocycles. The van der Waals surface area contributed by atoms with Gasteiger partial charge >= 0.3 is 11.7 Å². The normalized spacial score (nSPS) is 13.8. The molecule has 1 aliphatic rings. The van der Waals surface area contributed by atoms with Crippen molar-refractivity contribution in [2.45, 2.75) is 51.7 Å². The minimum atomic E-state index is -0.191. The van der Waals surface area contributed by atoms with Crippen molar-refractivity contribution in [1.29, 1.82) is 0 Å².